The van der Waals surface area contributed by atoms with E-state index in [0.717, 1.165) is 11.1 Å². The molecule has 36 heavy (non-hydrogen) atoms. The summed E-state index contributed by atoms with van der Waals surface area (Å²) in [7, 11) is 0. The van der Waals surface area contributed by atoms with Gasteiger partial charge in [-0.3, -0.25) is 9.78 Å². The van der Waals surface area contributed by atoms with Gasteiger partial charge in [0, 0.05) is 6.20 Å². The van der Waals surface area contributed by atoms with Crippen molar-refractivity contribution in [1.82, 2.24) is 15.6 Å². The molecule has 7 heteroatoms. The highest BCUT2D eigenvalue weighted by Crippen LogP contribution is 2.19. The zero-order valence-electron chi connectivity index (χ0n) is 20.8. The Labute approximate surface area is 212 Å². The first-order chi connectivity index (χ1) is 17.4. The monoisotopic (exact) mass is 489 g/mol. The third-order valence-corrected chi connectivity index (χ3v) is 5.81. The van der Waals surface area contributed by atoms with E-state index in [0.29, 0.717) is 25.0 Å². The highest BCUT2D eigenvalue weighted by Gasteiger charge is 2.29. The largest absolute Gasteiger partial charge is 0.445 e. The summed E-state index contributed by atoms with van der Waals surface area (Å²) in [4.78, 5) is 30.1. The molecule has 1 aromatic heterocycles. The average molecular weight is 490 g/mol. The number of nitrogens with one attached hydrogen (secondary N) is 2. The van der Waals surface area contributed by atoms with Crippen LogP contribution in [-0.4, -0.2) is 34.2 Å². The van der Waals surface area contributed by atoms with Gasteiger partial charge in [-0.1, -0.05) is 80.6 Å². The van der Waals surface area contributed by atoms with Crippen molar-refractivity contribution >= 4 is 12.0 Å². The molecule has 0 radical (unpaired) electrons. The Morgan fingerprint density at radius 3 is 2.14 bits per heavy atom. The van der Waals surface area contributed by atoms with E-state index in [1.165, 1.54) is 0 Å². The fourth-order valence-corrected chi connectivity index (χ4v) is 3.93. The summed E-state index contributed by atoms with van der Waals surface area (Å²) in [6.45, 7) is 4.07. The summed E-state index contributed by atoms with van der Waals surface area (Å²) in [6, 6.07) is 23.2. The molecule has 2 amide bonds. The van der Waals surface area contributed by atoms with Crippen molar-refractivity contribution in [1.29, 1.82) is 0 Å². The molecule has 3 aromatic rings. The minimum atomic E-state index is -0.997. The first-order valence-corrected chi connectivity index (χ1v) is 12.3. The number of carbonyl (C=O) groups is 2. The second-order valence-electron chi connectivity index (χ2n) is 9.23. The number of aryl methyl sites for hydroxylation is 1. The number of aliphatic hydroxyl groups excluding tert-OH is 1. The molecule has 3 atom stereocenters. The van der Waals surface area contributed by atoms with E-state index in [9.17, 15) is 14.7 Å². The Kier molecular flexibility index (Phi) is 10.5. The minimum absolute atomic E-state index is 0.112. The molecule has 7 nitrogen and oxygen atoms in total. The van der Waals surface area contributed by atoms with E-state index in [4.69, 9.17) is 4.74 Å². The predicted molar refractivity (Wildman–Crippen MR) is 139 cm³/mol. The molecule has 2 unspecified atom stereocenters. The minimum Gasteiger partial charge on any atom is -0.445 e. The van der Waals surface area contributed by atoms with E-state index in [1.54, 1.807) is 24.4 Å². The number of benzene rings is 2. The van der Waals surface area contributed by atoms with Crippen LogP contribution in [0.25, 0.3) is 0 Å². The van der Waals surface area contributed by atoms with Gasteiger partial charge in [-0.2, -0.15) is 0 Å². The molecule has 3 N–H and O–H groups in total. The molecule has 0 fully saturated rings. The molecular formula is C29H35N3O4. The molecule has 3 rings (SSSR count). The van der Waals surface area contributed by atoms with Crippen molar-refractivity contribution in [3.63, 3.8) is 0 Å². The Hall–Kier alpha value is -3.71. The summed E-state index contributed by atoms with van der Waals surface area (Å²) in [5, 5.41) is 16.8. The fraction of sp³-hybridized carbons (Fsp3) is 0.345. The van der Waals surface area contributed by atoms with Crippen molar-refractivity contribution in [3.05, 3.63) is 102 Å². The molecule has 0 aliphatic carbocycles. The molecule has 2 aromatic carbocycles. The second-order valence-corrected chi connectivity index (χ2v) is 9.23. The first kappa shape index (κ1) is 26.9. The number of aliphatic hydroxyl groups is 1. The number of rotatable bonds is 12. The topological polar surface area (TPSA) is 101 Å². The van der Waals surface area contributed by atoms with Gasteiger partial charge in [-0.15, -0.1) is 0 Å². The first-order valence-electron chi connectivity index (χ1n) is 12.3. The molecule has 1 heterocycles. The van der Waals surface area contributed by atoms with Crippen LogP contribution in [-0.2, 0) is 22.6 Å². The van der Waals surface area contributed by atoms with Crippen LogP contribution in [0.2, 0.25) is 0 Å². The lowest BCUT2D eigenvalue weighted by Crippen LogP contribution is -2.51. The number of hydrogen-bond donors (Lipinski definition) is 3. The zero-order valence-corrected chi connectivity index (χ0v) is 20.8. The third kappa shape index (κ3) is 8.82. The smallest absolute Gasteiger partial charge is 0.408 e. The molecule has 0 spiro atoms. The van der Waals surface area contributed by atoms with Gasteiger partial charge >= 0.3 is 6.09 Å². The third-order valence-electron chi connectivity index (χ3n) is 5.81. The second kappa shape index (κ2) is 14.0. The van der Waals surface area contributed by atoms with Crippen LogP contribution >= 0.6 is 0 Å². The highest BCUT2D eigenvalue weighted by molar-refractivity contribution is 5.85. The van der Waals surface area contributed by atoms with E-state index >= 15 is 0 Å². The quantitative estimate of drug-likeness (QED) is 0.346. The number of pyridine rings is 1. The predicted octanol–water partition coefficient (Wildman–Crippen LogP) is 4.57. The molecular weight excluding hydrogens is 454 g/mol. The average Bonchev–Trinajstić information content (AvgIpc) is 2.90. The number of carbonyl (C=O) groups excluding carboxylic acids is 2. The SMILES string of the molecule is CC(C)C[C@H](NC(=O)OCc1ccccc1)C(=O)NC(CCc1ccccc1)C(O)c1ccccn1. The summed E-state index contributed by atoms with van der Waals surface area (Å²) >= 11 is 0. The van der Waals surface area contributed by atoms with Crippen LogP contribution in [0.15, 0.2) is 85.1 Å². The summed E-state index contributed by atoms with van der Waals surface area (Å²) in [5.74, 6) is -0.216. The maximum atomic E-state index is 13.3. The van der Waals surface area contributed by atoms with Crippen molar-refractivity contribution < 1.29 is 19.4 Å². The van der Waals surface area contributed by atoms with E-state index in [2.05, 4.69) is 15.6 Å². The van der Waals surface area contributed by atoms with Crippen LogP contribution in [0.5, 0.6) is 0 Å². The normalized spacial score (nSPS) is 13.4. The number of aromatic nitrogens is 1. The Morgan fingerprint density at radius 1 is 0.889 bits per heavy atom. The van der Waals surface area contributed by atoms with Gasteiger partial charge in [-0.05, 0) is 48.4 Å². The van der Waals surface area contributed by atoms with Crippen molar-refractivity contribution in [3.8, 4) is 0 Å². The van der Waals surface area contributed by atoms with Crippen LogP contribution in [0.1, 0.15) is 49.6 Å². The van der Waals surface area contributed by atoms with Crippen LogP contribution < -0.4 is 10.6 Å². The van der Waals surface area contributed by atoms with Crippen LogP contribution in [0.3, 0.4) is 0 Å². The van der Waals surface area contributed by atoms with Crippen molar-refractivity contribution in [2.45, 2.75) is 57.9 Å². The van der Waals surface area contributed by atoms with Gasteiger partial charge in [0.15, 0.2) is 0 Å². The zero-order chi connectivity index (χ0) is 25.8. The Balaban J connectivity index is 1.68. The molecule has 0 aliphatic rings. The van der Waals surface area contributed by atoms with Crippen LogP contribution in [0, 0.1) is 5.92 Å². The molecule has 0 aliphatic heterocycles. The van der Waals surface area contributed by atoms with Crippen molar-refractivity contribution in [2.75, 3.05) is 0 Å². The van der Waals surface area contributed by atoms with Crippen molar-refractivity contribution in [2.24, 2.45) is 5.92 Å². The lowest BCUT2D eigenvalue weighted by Gasteiger charge is -2.27. The van der Waals surface area contributed by atoms with E-state index in [1.807, 2.05) is 74.5 Å². The number of alkyl carbamates (subject to hydrolysis) is 1. The van der Waals surface area contributed by atoms with Gasteiger partial charge in [0.25, 0.3) is 0 Å². The van der Waals surface area contributed by atoms with Gasteiger partial charge in [0.2, 0.25) is 5.91 Å². The summed E-state index contributed by atoms with van der Waals surface area (Å²) in [5.41, 5.74) is 2.44. The lowest BCUT2D eigenvalue weighted by molar-refractivity contribution is -0.125. The molecule has 0 bridgehead atoms. The Morgan fingerprint density at radius 2 is 1.53 bits per heavy atom. The molecule has 0 saturated heterocycles. The van der Waals surface area contributed by atoms with Gasteiger partial charge in [0.1, 0.15) is 18.8 Å². The van der Waals surface area contributed by atoms with Gasteiger partial charge in [0.05, 0.1) is 11.7 Å². The maximum Gasteiger partial charge on any atom is 0.408 e. The maximum absolute atomic E-state index is 13.3. The lowest BCUT2D eigenvalue weighted by atomic mass is 9.97. The number of hydrogen-bond acceptors (Lipinski definition) is 5. The van der Waals surface area contributed by atoms with Gasteiger partial charge in [-0.25, -0.2) is 4.79 Å². The number of amides is 2. The van der Waals surface area contributed by atoms with Gasteiger partial charge < -0.3 is 20.5 Å². The molecule has 190 valence electrons. The number of ether oxygens (including phenoxy) is 1. The standard InChI is InChI=1S/C29H35N3O4/c1-21(2)19-26(32-29(35)36-20-23-13-7-4-8-14-23)28(34)31-25(17-16-22-11-5-3-6-12-22)27(33)24-15-9-10-18-30-24/h3-15,18,21,25-27,33H,16-17,19-20H2,1-2H3,(H,31,34)(H,32,35)/t25?,26-,27?/m0/s1. The Bertz CT molecular complexity index is 1060. The van der Waals surface area contributed by atoms with Crippen LogP contribution in [0.4, 0.5) is 4.79 Å². The number of nitrogens with zero attached hydrogens (tertiary/aromatic N) is 1. The summed E-state index contributed by atoms with van der Waals surface area (Å²) < 4.78 is 5.33. The van der Waals surface area contributed by atoms with E-state index in [-0.39, 0.29) is 18.4 Å². The molecule has 0 saturated carbocycles. The van der Waals surface area contributed by atoms with E-state index < -0.39 is 24.3 Å². The summed E-state index contributed by atoms with van der Waals surface area (Å²) in [6.07, 6.45) is 1.55. The highest BCUT2D eigenvalue weighted by atomic mass is 16.5. The fourth-order valence-electron chi connectivity index (χ4n) is 3.93.